The Morgan fingerprint density at radius 2 is 2.00 bits per heavy atom. The van der Waals surface area contributed by atoms with Gasteiger partial charge in [-0.15, -0.1) is 0 Å². The molecule has 0 spiro atoms. The van der Waals surface area contributed by atoms with Crippen molar-refractivity contribution < 1.29 is 0 Å². The van der Waals surface area contributed by atoms with Crippen molar-refractivity contribution >= 4 is 17.4 Å². The molecular weight excluding hydrogens is 250 g/mol. The topological polar surface area (TPSA) is 55.6 Å². The number of nitrogens with one attached hydrogen (secondary N) is 1. The van der Waals surface area contributed by atoms with E-state index in [1.807, 2.05) is 31.6 Å². The molecule has 2 heterocycles. The third-order valence-corrected chi connectivity index (χ3v) is 3.10. The number of rotatable bonds is 3. The van der Waals surface area contributed by atoms with E-state index in [0.717, 1.165) is 22.9 Å². The van der Waals surface area contributed by atoms with E-state index in [2.05, 4.69) is 27.3 Å². The fraction of sp³-hybridized carbons (Fsp3) is 0.417. The fourth-order valence-corrected chi connectivity index (χ4v) is 2.10. The molecule has 0 aromatic carbocycles. The minimum absolute atomic E-state index is 0.261. The van der Waals surface area contributed by atoms with Gasteiger partial charge in [0.05, 0.1) is 5.69 Å². The summed E-state index contributed by atoms with van der Waals surface area (Å²) in [5.74, 6) is 0.732. The zero-order valence-corrected chi connectivity index (χ0v) is 11.7. The molecule has 0 aliphatic rings. The van der Waals surface area contributed by atoms with Crippen LogP contribution < -0.4 is 5.32 Å². The Morgan fingerprint density at radius 3 is 2.56 bits per heavy atom. The molecule has 2 aromatic rings. The van der Waals surface area contributed by atoms with Crippen LogP contribution in [-0.2, 0) is 13.6 Å². The molecule has 0 saturated carbocycles. The lowest BCUT2D eigenvalue weighted by Gasteiger charge is -2.07. The van der Waals surface area contributed by atoms with Crippen molar-refractivity contribution in [3.8, 4) is 0 Å². The van der Waals surface area contributed by atoms with E-state index in [9.17, 15) is 0 Å². The van der Waals surface area contributed by atoms with Crippen LogP contribution >= 0.6 is 11.6 Å². The van der Waals surface area contributed by atoms with Gasteiger partial charge in [0.15, 0.2) is 0 Å². The maximum absolute atomic E-state index is 5.82. The molecule has 6 heteroatoms. The molecule has 2 aromatic heterocycles. The van der Waals surface area contributed by atoms with Crippen molar-refractivity contribution in [3.05, 3.63) is 34.0 Å². The largest absolute Gasteiger partial charge is 0.366 e. The van der Waals surface area contributed by atoms with Crippen LogP contribution in [0.1, 0.15) is 22.6 Å². The van der Waals surface area contributed by atoms with Gasteiger partial charge in [-0.05, 0) is 32.4 Å². The minimum Gasteiger partial charge on any atom is -0.366 e. The molecule has 0 saturated heterocycles. The van der Waals surface area contributed by atoms with E-state index in [4.69, 9.17) is 11.6 Å². The molecular formula is C12H16ClN5. The SMILES string of the molecule is Cc1cc(NCc2c(C)nn(C)c2C)nc(Cl)n1. The quantitative estimate of drug-likeness (QED) is 0.866. The van der Waals surface area contributed by atoms with Crippen molar-refractivity contribution in [3.63, 3.8) is 0 Å². The normalized spacial score (nSPS) is 10.7. The summed E-state index contributed by atoms with van der Waals surface area (Å²) < 4.78 is 1.88. The van der Waals surface area contributed by atoms with E-state index >= 15 is 0 Å². The third kappa shape index (κ3) is 2.61. The summed E-state index contributed by atoms with van der Waals surface area (Å²) in [7, 11) is 1.94. The number of halogens is 1. The Bertz CT molecular complexity index is 556. The highest BCUT2D eigenvalue weighted by Crippen LogP contribution is 2.15. The highest BCUT2D eigenvalue weighted by atomic mass is 35.5. The molecule has 0 unspecified atom stereocenters. The molecule has 0 bridgehead atoms. The number of aryl methyl sites for hydroxylation is 3. The zero-order valence-electron chi connectivity index (χ0n) is 11.0. The summed E-state index contributed by atoms with van der Waals surface area (Å²) in [6.45, 7) is 6.62. The van der Waals surface area contributed by atoms with Gasteiger partial charge in [-0.25, -0.2) is 9.97 Å². The number of aromatic nitrogens is 4. The smallest absolute Gasteiger partial charge is 0.224 e. The van der Waals surface area contributed by atoms with Crippen LogP contribution in [0.5, 0.6) is 0 Å². The predicted octanol–water partition coefficient (Wildman–Crippen LogP) is 2.40. The number of hydrogen-bond acceptors (Lipinski definition) is 4. The van der Waals surface area contributed by atoms with Crippen LogP contribution in [0.3, 0.4) is 0 Å². The summed E-state index contributed by atoms with van der Waals surface area (Å²) in [5, 5.41) is 7.89. The average molecular weight is 266 g/mol. The van der Waals surface area contributed by atoms with Crippen molar-refractivity contribution in [2.75, 3.05) is 5.32 Å². The van der Waals surface area contributed by atoms with Gasteiger partial charge in [0.2, 0.25) is 5.28 Å². The maximum atomic E-state index is 5.82. The van der Waals surface area contributed by atoms with Crippen molar-refractivity contribution in [2.24, 2.45) is 7.05 Å². The standard InChI is InChI=1S/C12H16ClN5/c1-7-5-11(16-12(13)15-7)14-6-10-8(2)17-18(4)9(10)3/h5H,6H2,1-4H3,(H,14,15,16). The Balaban J connectivity index is 2.16. The van der Waals surface area contributed by atoms with E-state index < -0.39 is 0 Å². The van der Waals surface area contributed by atoms with Crippen LogP contribution in [0.4, 0.5) is 5.82 Å². The summed E-state index contributed by atoms with van der Waals surface area (Å²) >= 11 is 5.82. The molecule has 0 amide bonds. The van der Waals surface area contributed by atoms with Crippen LogP contribution in [-0.4, -0.2) is 19.7 Å². The molecule has 96 valence electrons. The van der Waals surface area contributed by atoms with E-state index in [1.54, 1.807) is 0 Å². The first-order chi connectivity index (χ1) is 8.47. The van der Waals surface area contributed by atoms with Gasteiger partial charge in [-0.2, -0.15) is 5.10 Å². The molecule has 0 aliphatic heterocycles. The Morgan fingerprint density at radius 1 is 1.28 bits per heavy atom. The monoisotopic (exact) mass is 265 g/mol. The maximum Gasteiger partial charge on any atom is 0.224 e. The molecule has 5 nitrogen and oxygen atoms in total. The molecule has 0 fully saturated rings. The summed E-state index contributed by atoms with van der Waals surface area (Å²) in [6.07, 6.45) is 0. The van der Waals surface area contributed by atoms with Gasteiger partial charge in [0.1, 0.15) is 5.82 Å². The van der Waals surface area contributed by atoms with E-state index in [1.165, 1.54) is 5.56 Å². The van der Waals surface area contributed by atoms with Gasteiger partial charge in [-0.1, -0.05) is 0 Å². The summed E-state index contributed by atoms with van der Waals surface area (Å²) in [5.41, 5.74) is 4.21. The van der Waals surface area contributed by atoms with Crippen LogP contribution in [0.15, 0.2) is 6.07 Å². The fourth-order valence-electron chi connectivity index (χ4n) is 1.88. The lowest BCUT2D eigenvalue weighted by molar-refractivity contribution is 0.730. The zero-order chi connectivity index (χ0) is 13.3. The Hall–Kier alpha value is -1.62. The number of hydrogen-bond donors (Lipinski definition) is 1. The first-order valence-corrected chi connectivity index (χ1v) is 6.09. The first-order valence-electron chi connectivity index (χ1n) is 5.71. The minimum atomic E-state index is 0.261. The predicted molar refractivity (Wildman–Crippen MR) is 71.8 cm³/mol. The Kier molecular flexibility index (Phi) is 3.52. The molecule has 0 radical (unpaired) electrons. The van der Waals surface area contributed by atoms with Gasteiger partial charge in [-0.3, -0.25) is 4.68 Å². The molecule has 0 atom stereocenters. The van der Waals surface area contributed by atoms with Crippen LogP contribution in [0, 0.1) is 20.8 Å². The molecule has 0 aliphatic carbocycles. The Labute approximate surface area is 111 Å². The van der Waals surface area contributed by atoms with Crippen molar-refractivity contribution in [1.29, 1.82) is 0 Å². The second kappa shape index (κ2) is 4.94. The van der Waals surface area contributed by atoms with Crippen LogP contribution in [0.25, 0.3) is 0 Å². The lowest BCUT2D eigenvalue weighted by atomic mass is 10.2. The van der Waals surface area contributed by atoms with E-state index in [0.29, 0.717) is 6.54 Å². The van der Waals surface area contributed by atoms with Gasteiger partial charge in [0.25, 0.3) is 0 Å². The summed E-state index contributed by atoms with van der Waals surface area (Å²) in [4.78, 5) is 8.16. The molecule has 2 rings (SSSR count). The van der Waals surface area contributed by atoms with Gasteiger partial charge < -0.3 is 5.32 Å². The van der Waals surface area contributed by atoms with Crippen molar-refractivity contribution in [2.45, 2.75) is 27.3 Å². The number of nitrogens with zero attached hydrogens (tertiary/aromatic N) is 4. The van der Waals surface area contributed by atoms with Crippen LogP contribution in [0.2, 0.25) is 5.28 Å². The highest BCUT2D eigenvalue weighted by molar-refractivity contribution is 6.28. The second-order valence-electron chi connectivity index (χ2n) is 4.29. The molecule has 18 heavy (non-hydrogen) atoms. The first kappa shape index (κ1) is 12.8. The highest BCUT2D eigenvalue weighted by Gasteiger charge is 2.09. The van der Waals surface area contributed by atoms with Gasteiger partial charge in [0, 0.05) is 36.6 Å². The lowest BCUT2D eigenvalue weighted by Crippen LogP contribution is -2.05. The third-order valence-electron chi connectivity index (χ3n) is 2.93. The number of anilines is 1. The molecule has 1 N–H and O–H groups in total. The van der Waals surface area contributed by atoms with Crippen molar-refractivity contribution in [1.82, 2.24) is 19.7 Å². The summed E-state index contributed by atoms with van der Waals surface area (Å²) in [6, 6.07) is 1.87. The van der Waals surface area contributed by atoms with E-state index in [-0.39, 0.29) is 5.28 Å². The van der Waals surface area contributed by atoms with Gasteiger partial charge >= 0.3 is 0 Å². The second-order valence-corrected chi connectivity index (χ2v) is 4.63. The average Bonchev–Trinajstić information content (AvgIpc) is 2.50.